The minimum Gasteiger partial charge on any atom is -0.312 e. The van der Waals surface area contributed by atoms with Crippen molar-refractivity contribution < 1.29 is 0 Å². The Labute approximate surface area is 94.5 Å². The van der Waals surface area contributed by atoms with Crippen molar-refractivity contribution in [3.63, 3.8) is 0 Å². The van der Waals surface area contributed by atoms with E-state index in [4.69, 9.17) is 5.84 Å². The van der Waals surface area contributed by atoms with Gasteiger partial charge in [0.1, 0.15) is 5.84 Å². The van der Waals surface area contributed by atoms with E-state index >= 15 is 0 Å². The lowest BCUT2D eigenvalue weighted by atomic mass is 9.80. The zero-order valence-corrected chi connectivity index (χ0v) is 11.3. The zero-order valence-electron chi connectivity index (χ0n) is 11.3. The molecule has 0 heterocycles. The molecular weight excluding hydrogens is 186 g/mol. The maximum atomic E-state index is 5.49. The Morgan fingerprint density at radius 1 is 1.20 bits per heavy atom. The zero-order chi connectivity index (χ0) is 12.3. The fourth-order valence-corrected chi connectivity index (χ4v) is 1.14. The quantitative estimate of drug-likeness (QED) is 0.321. The van der Waals surface area contributed by atoms with Gasteiger partial charge in [-0.15, -0.1) is 0 Å². The molecule has 0 radical (unpaired) electrons. The second kappa shape index (κ2) is 4.97. The molecule has 90 valence electrons. The van der Waals surface area contributed by atoms with Crippen molar-refractivity contribution >= 4 is 5.84 Å². The van der Waals surface area contributed by atoms with E-state index in [0.717, 1.165) is 12.3 Å². The summed E-state index contributed by atoms with van der Waals surface area (Å²) in [4.78, 5) is 4.56. The minimum absolute atomic E-state index is 0.0701. The van der Waals surface area contributed by atoms with Crippen molar-refractivity contribution in [2.24, 2.45) is 22.2 Å². The van der Waals surface area contributed by atoms with Gasteiger partial charge < -0.3 is 5.43 Å². The molecule has 0 spiro atoms. The molecular formula is C12H27N3. The summed E-state index contributed by atoms with van der Waals surface area (Å²) in [5, 5.41) is 0. The fraction of sp³-hybridized carbons (Fsp3) is 0.917. The predicted octanol–water partition coefficient (Wildman–Crippen LogP) is 2.72. The topological polar surface area (TPSA) is 50.4 Å². The first-order valence-corrected chi connectivity index (χ1v) is 5.61. The standard InChI is InChI=1S/C12H27N3/c1-9(11(2,3)4)8-10(15-13)14-12(5,6)7/h9H,8,13H2,1-7H3,(H,14,15). The van der Waals surface area contributed by atoms with Crippen LogP contribution in [0.2, 0.25) is 0 Å². The maximum absolute atomic E-state index is 5.49. The minimum atomic E-state index is -0.0701. The Balaban J connectivity index is 4.55. The molecule has 0 aliphatic heterocycles. The van der Waals surface area contributed by atoms with Crippen molar-refractivity contribution in [3.05, 3.63) is 0 Å². The number of amidine groups is 1. The lowest BCUT2D eigenvalue weighted by Gasteiger charge is -2.28. The summed E-state index contributed by atoms with van der Waals surface area (Å²) in [5.41, 5.74) is 2.93. The van der Waals surface area contributed by atoms with Gasteiger partial charge in [-0.2, -0.15) is 0 Å². The van der Waals surface area contributed by atoms with Crippen LogP contribution in [0, 0.1) is 11.3 Å². The summed E-state index contributed by atoms with van der Waals surface area (Å²) in [7, 11) is 0. The molecule has 3 heteroatoms. The average Bonchev–Trinajstić information content (AvgIpc) is 1.98. The van der Waals surface area contributed by atoms with Crippen LogP contribution in [0.1, 0.15) is 54.9 Å². The first kappa shape index (κ1) is 14.4. The molecule has 0 aliphatic carbocycles. The van der Waals surface area contributed by atoms with Crippen LogP contribution in [0.25, 0.3) is 0 Å². The third kappa shape index (κ3) is 6.50. The third-order valence-corrected chi connectivity index (χ3v) is 2.61. The van der Waals surface area contributed by atoms with Crippen LogP contribution in [-0.4, -0.2) is 11.4 Å². The van der Waals surface area contributed by atoms with E-state index in [0.29, 0.717) is 5.92 Å². The van der Waals surface area contributed by atoms with Gasteiger partial charge in [-0.05, 0) is 32.1 Å². The molecule has 15 heavy (non-hydrogen) atoms. The van der Waals surface area contributed by atoms with Crippen LogP contribution in [0.4, 0.5) is 0 Å². The van der Waals surface area contributed by atoms with E-state index in [-0.39, 0.29) is 11.0 Å². The van der Waals surface area contributed by atoms with Gasteiger partial charge in [0.25, 0.3) is 0 Å². The molecule has 0 saturated carbocycles. The molecule has 3 N–H and O–H groups in total. The van der Waals surface area contributed by atoms with E-state index in [1.54, 1.807) is 0 Å². The van der Waals surface area contributed by atoms with E-state index in [1.165, 1.54) is 0 Å². The molecule has 3 nitrogen and oxygen atoms in total. The highest BCUT2D eigenvalue weighted by molar-refractivity contribution is 5.82. The summed E-state index contributed by atoms with van der Waals surface area (Å²) in [6, 6.07) is 0. The summed E-state index contributed by atoms with van der Waals surface area (Å²) in [6.45, 7) is 15.2. The Kier molecular flexibility index (Phi) is 4.78. The highest BCUT2D eigenvalue weighted by Crippen LogP contribution is 2.28. The predicted molar refractivity (Wildman–Crippen MR) is 67.7 cm³/mol. The second-order valence-corrected chi connectivity index (χ2v) is 6.34. The highest BCUT2D eigenvalue weighted by atomic mass is 15.3. The molecule has 0 bridgehead atoms. The van der Waals surface area contributed by atoms with Gasteiger partial charge in [0.2, 0.25) is 0 Å². The third-order valence-electron chi connectivity index (χ3n) is 2.61. The molecule has 0 rings (SSSR count). The van der Waals surface area contributed by atoms with Crippen molar-refractivity contribution in [2.75, 3.05) is 0 Å². The Morgan fingerprint density at radius 2 is 1.67 bits per heavy atom. The Hall–Kier alpha value is -0.570. The first-order chi connectivity index (χ1) is 6.56. The van der Waals surface area contributed by atoms with E-state index in [9.17, 15) is 0 Å². The summed E-state index contributed by atoms with van der Waals surface area (Å²) in [6.07, 6.45) is 0.900. The average molecular weight is 213 g/mol. The summed E-state index contributed by atoms with van der Waals surface area (Å²) in [5.74, 6) is 6.93. The van der Waals surface area contributed by atoms with Gasteiger partial charge in [0.15, 0.2) is 0 Å². The first-order valence-electron chi connectivity index (χ1n) is 5.61. The van der Waals surface area contributed by atoms with E-state index in [1.807, 2.05) is 0 Å². The molecule has 0 amide bonds. The molecule has 0 aromatic rings. The van der Waals surface area contributed by atoms with Gasteiger partial charge in [0, 0.05) is 6.42 Å². The van der Waals surface area contributed by atoms with Gasteiger partial charge >= 0.3 is 0 Å². The monoisotopic (exact) mass is 213 g/mol. The summed E-state index contributed by atoms with van der Waals surface area (Å²) < 4.78 is 0. The molecule has 0 aromatic carbocycles. The van der Waals surface area contributed by atoms with Crippen LogP contribution in [0.3, 0.4) is 0 Å². The summed E-state index contributed by atoms with van der Waals surface area (Å²) >= 11 is 0. The maximum Gasteiger partial charge on any atom is 0.111 e. The highest BCUT2D eigenvalue weighted by Gasteiger charge is 2.22. The number of hydrogen-bond acceptors (Lipinski definition) is 2. The number of nitrogens with zero attached hydrogens (tertiary/aromatic N) is 1. The van der Waals surface area contributed by atoms with Gasteiger partial charge in [0.05, 0.1) is 5.54 Å². The van der Waals surface area contributed by atoms with E-state index in [2.05, 4.69) is 58.9 Å². The normalized spacial score (nSPS) is 16.4. The van der Waals surface area contributed by atoms with Gasteiger partial charge in [-0.1, -0.05) is 27.7 Å². The fourth-order valence-electron chi connectivity index (χ4n) is 1.14. The Morgan fingerprint density at radius 3 is 1.93 bits per heavy atom. The number of rotatable bonds is 2. The molecule has 1 atom stereocenters. The number of hydrogen-bond donors (Lipinski definition) is 2. The molecule has 0 saturated heterocycles. The van der Waals surface area contributed by atoms with Crippen LogP contribution < -0.4 is 11.3 Å². The number of hydrazine groups is 1. The SMILES string of the molecule is CC(CC(=NC(C)(C)C)NN)C(C)(C)C. The van der Waals surface area contributed by atoms with Crippen molar-refractivity contribution in [3.8, 4) is 0 Å². The van der Waals surface area contributed by atoms with Crippen LogP contribution in [0.15, 0.2) is 4.99 Å². The lowest BCUT2D eigenvalue weighted by molar-refractivity contribution is 0.267. The molecule has 0 aliphatic rings. The van der Waals surface area contributed by atoms with Crippen LogP contribution in [0.5, 0.6) is 0 Å². The Bertz CT molecular complexity index is 218. The van der Waals surface area contributed by atoms with Crippen molar-refractivity contribution in [1.82, 2.24) is 5.43 Å². The van der Waals surface area contributed by atoms with Crippen molar-refractivity contribution in [2.45, 2.75) is 60.4 Å². The lowest BCUT2D eigenvalue weighted by Crippen LogP contribution is -2.36. The number of aliphatic imine (C=N–C) groups is 1. The van der Waals surface area contributed by atoms with Gasteiger partial charge in [-0.3, -0.25) is 4.99 Å². The second-order valence-electron chi connectivity index (χ2n) is 6.34. The molecule has 0 aromatic heterocycles. The smallest absolute Gasteiger partial charge is 0.111 e. The van der Waals surface area contributed by atoms with Crippen LogP contribution in [-0.2, 0) is 0 Å². The van der Waals surface area contributed by atoms with Crippen LogP contribution >= 0.6 is 0 Å². The van der Waals surface area contributed by atoms with E-state index < -0.39 is 0 Å². The van der Waals surface area contributed by atoms with Crippen molar-refractivity contribution in [1.29, 1.82) is 0 Å². The van der Waals surface area contributed by atoms with Gasteiger partial charge in [-0.25, -0.2) is 5.84 Å². The largest absolute Gasteiger partial charge is 0.312 e. The number of nitrogens with one attached hydrogen (secondary N) is 1. The molecule has 1 unspecified atom stereocenters. The molecule has 0 fully saturated rings. The number of nitrogens with two attached hydrogens (primary N) is 1.